The summed E-state index contributed by atoms with van der Waals surface area (Å²) in [6, 6.07) is 12.2. The SMILES string of the molecule is CCCNCc1ccc(COc2ccccc2C(C)C)o1. The lowest BCUT2D eigenvalue weighted by Crippen LogP contribution is -2.13. The average molecular weight is 287 g/mol. The molecule has 0 saturated carbocycles. The molecule has 0 aliphatic heterocycles. The molecule has 21 heavy (non-hydrogen) atoms. The molecule has 1 N–H and O–H groups in total. The monoisotopic (exact) mass is 287 g/mol. The van der Waals surface area contributed by atoms with Crippen molar-refractivity contribution in [3.05, 3.63) is 53.5 Å². The molecule has 2 aromatic rings. The zero-order valence-electron chi connectivity index (χ0n) is 13.2. The highest BCUT2D eigenvalue weighted by atomic mass is 16.5. The molecule has 0 unspecified atom stereocenters. The summed E-state index contributed by atoms with van der Waals surface area (Å²) in [5, 5.41) is 3.33. The number of rotatable bonds is 8. The number of furan rings is 1. The second-order valence-electron chi connectivity index (χ2n) is 5.53. The van der Waals surface area contributed by atoms with Crippen LogP contribution in [0.5, 0.6) is 5.75 Å². The van der Waals surface area contributed by atoms with Gasteiger partial charge in [-0.1, -0.05) is 39.0 Å². The number of hydrogen-bond acceptors (Lipinski definition) is 3. The second-order valence-corrected chi connectivity index (χ2v) is 5.53. The zero-order chi connectivity index (χ0) is 15.1. The van der Waals surface area contributed by atoms with Crippen LogP contribution in [0.3, 0.4) is 0 Å². The van der Waals surface area contributed by atoms with Crippen LogP contribution in [-0.2, 0) is 13.2 Å². The van der Waals surface area contributed by atoms with Gasteiger partial charge in [0.25, 0.3) is 0 Å². The molecule has 0 fully saturated rings. The van der Waals surface area contributed by atoms with Gasteiger partial charge in [0.15, 0.2) is 0 Å². The highest BCUT2D eigenvalue weighted by Gasteiger charge is 2.08. The lowest BCUT2D eigenvalue weighted by atomic mass is 10.0. The molecule has 1 heterocycles. The molecular weight excluding hydrogens is 262 g/mol. The number of hydrogen-bond donors (Lipinski definition) is 1. The number of ether oxygens (including phenoxy) is 1. The molecule has 0 saturated heterocycles. The topological polar surface area (TPSA) is 34.4 Å². The lowest BCUT2D eigenvalue weighted by molar-refractivity contribution is 0.262. The fourth-order valence-corrected chi connectivity index (χ4v) is 2.22. The van der Waals surface area contributed by atoms with Gasteiger partial charge in [0, 0.05) is 0 Å². The van der Waals surface area contributed by atoms with Crippen molar-refractivity contribution in [2.75, 3.05) is 6.54 Å². The Hall–Kier alpha value is -1.74. The van der Waals surface area contributed by atoms with Crippen LogP contribution < -0.4 is 10.1 Å². The van der Waals surface area contributed by atoms with E-state index < -0.39 is 0 Å². The van der Waals surface area contributed by atoms with Gasteiger partial charge >= 0.3 is 0 Å². The maximum atomic E-state index is 5.91. The largest absolute Gasteiger partial charge is 0.485 e. The van der Waals surface area contributed by atoms with Gasteiger partial charge in [-0.3, -0.25) is 0 Å². The molecule has 0 spiro atoms. The van der Waals surface area contributed by atoms with Crippen LogP contribution in [-0.4, -0.2) is 6.54 Å². The van der Waals surface area contributed by atoms with E-state index in [0.29, 0.717) is 12.5 Å². The van der Waals surface area contributed by atoms with E-state index in [9.17, 15) is 0 Å². The van der Waals surface area contributed by atoms with E-state index in [2.05, 4.69) is 32.2 Å². The van der Waals surface area contributed by atoms with Gasteiger partial charge in [-0.2, -0.15) is 0 Å². The Morgan fingerprint density at radius 2 is 1.86 bits per heavy atom. The van der Waals surface area contributed by atoms with Gasteiger partial charge in [-0.15, -0.1) is 0 Å². The third-order valence-corrected chi connectivity index (χ3v) is 3.35. The van der Waals surface area contributed by atoms with E-state index in [1.54, 1.807) is 0 Å². The molecule has 3 heteroatoms. The van der Waals surface area contributed by atoms with Crippen molar-refractivity contribution in [2.45, 2.75) is 46.3 Å². The van der Waals surface area contributed by atoms with Gasteiger partial charge in [0.2, 0.25) is 0 Å². The third-order valence-electron chi connectivity index (χ3n) is 3.35. The molecule has 0 radical (unpaired) electrons. The van der Waals surface area contributed by atoms with E-state index in [0.717, 1.165) is 36.8 Å². The fraction of sp³-hybridized carbons (Fsp3) is 0.444. The van der Waals surface area contributed by atoms with Crippen LogP contribution in [0.4, 0.5) is 0 Å². The molecule has 0 aliphatic rings. The van der Waals surface area contributed by atoms with Crippen molar-refractivity contribution < 1.29 is 9.15 Å². The zero-order valence-corrected chi connectivity index (χ0v) is 13.2. The van der Waals surface area contributed by atoms with Crippen LogP contribution in [0.2, 0.25) is 0 Å². The first-order valence-corrected chi connectivity index (χ1v) is 7.70. The van der Waals surface area contributed by atoms with Gasteiger partial charge in [0.05, 0.1) is 6.54 Å². The summed E-state index contributed by atoms with van der Waals surface area (Å²) in [7, 11) is 0. The minimum Gasteiger partial charge on any atom is -0.485 e. The minimum atomic E-state index is 0.451. The summed E-state index contributed by atoms with van der Waals surface area (Å²) < 4.78 is 11.7. The van der Waals surface area contributed by atoms with Crippen LogP contribution >= 0.6 is 0 Å². The van der Waals surface area contributed by atoms with Crippen molar-refractivity contribution in [3.63, 3.8) is 0 Å². The Bertz CT molecular complexity index is 546. The summed E-state index contributed by atoms with van der Waals surface area (Å²) >= 11 is 0. The summed E-state index contributed by atoms with van der Waals surface area (Å²) in [4.78, 5) is 0. The Morgan fingerprint density at radius 1 is 1.10 bits per heavy atom. The first-order chi connectivity index (χ1) is 10.2. The number of benzene rings is 1. The Kier molecular flexibility index (Phi) is 5.88. The van der Waals surface area contributed by atoms with Crippen LogP contribution in [0.1, 0.15) is 50.2 Å². The highest BCUT2D eigenvalue weighted by Crippen LogP contribution is 2.26. The van der Waals surface area contributed by atoms with Gasteiger partial charge < -0.3 is 14.5 Å². The average Bonchev–Trinajstić information content (AvgIpc) is 2.93. The standard InChI is InChI=1S/C18H25NO2/c1-4-11-19-12-15-9-10-16(21-15)13-20-18-8-6-5-7-17(18)14(2)3/h5-10,14,19H,4,11-13H2,1-3H3. The molecule has 3 nitrogen and oxygen atoms in total. The second kappa shape index (κ2) is 7.89. The molecule has 0 amide bonds. The first-order valence-electron chi connectivity index (χ1n) is 7.70. The quantitative estimate of drug-likeness (QED) is 0.727. The normalized spacial score (nSPS) is 11.0. The predicted molar refractivity (Wildman–Crippen MR) is 85.6 cm³/mol. The smallest absolute Gasteiger partial charge is 0.146 e. The Labute approximate surface area is 127 Å². The molecule has 1 aromatic carbocycles. The van der Waals surface area contributed by atoms with Crippen molar-refractivity contribution in [3.8, 4) is 5.75 Å². The van der Waals surface area contributed by atoms with Gasteiger partial charge in [-0.25, -0.2) is 0 Å². The van der Waals surface area contributed by atoms with Gasteiger partial charge in [-0.05, 0) is 42.6 Å². The van der Waals surface area contributed by atoms with E-state index in [1.165, 1.54) is 5.56 Å². The van der Waals surface area contributed by atoms with Crippen molar-refractivity contribution in [1.82, 2.24) is 5.32 Å². The molecule has 1 aromatic heterocycles. The van der Waals surface area contributed by atoms with E-state index in [4.69, 9.17) is 9.15 Å². The summed E-state index contributed by atoms with van der Waals surface area (Å²) in [6.07, 6.45) is 1.13. The number of nitrogens with one attached hydrogen (secondary N) is 1. The lowest BCUT2D eigenvalue weighted by Gasteiger charge is -2.12. The van der Waals surface area contributed by atoms with Crippen molar-refractivity contribution in [1.29, 1.82) is 0 Å². The molecule has 2 rings (SSSR count). The fourth-order valence-electron chi connectivity index (χ4n) is 2.22. The molecular formula is C18H25NO2. The van der Waals surface area contributed by atoms with Crippen molar-refractivity contribution >= 4 is 0 Å². The molecule has 114 valence electrons. The summed E-state index contributed by atoms with van der Waals surface area (Å²) in [5.74, 6) is 3.21. The highest BCUT2D eigenvalue weighted by molar-refractivity contribution is 5.35. The molecule has 0 aliphatic carbocycles. The van der Waals surface area contributed by atoms with E-state index >= 15 is 0 Å². The van der Waals surface area contributed by atoms with Gasteiger partial charge in [0.1, 0.15) is 23.9 Å². The summed E-state index contributed by atoms with van der Waals surface area (Å²) in [5.41, 5.74) is 1.23. The maximum absolute atomic E-state index is 5.91. The van der Waals surface area contributed by atoms with Crippen LogP contribution in [0.25, 0.3) is 0 Å². The maximum Gasteiger partial charge on any atom is 0.146 e. The Balaban J connectivity index is 1.91. The molecule has 0 bridgehead atoms. The number of para-hydroxylation sites is 1. The third kappa shape index (κ3) is 4.64. The van der Waals surface area contributed by atoms with E-state index in [-0.39, 0.29) is 0 Å². The van der Waals surface area contributed by atoms with Crippen LogP contribution in [0, 0.1) is 0 Å². The minimum absolute atomic E-state index is 0.451. The summed E-state index contributed by atoms with van der Waals surface area (Å²) in [6.45, 7) is 8.75. The van der Waals surface area contributed by atoms with Crippen molar-refractivity contribution in [2.24, 2.45) is 0 Å². The Morgan fingerprint density at radius 3 is 2.62 bits per heavy atom. The van der Waals surface area contributed by atoms with Crippen LogP contribution in [0.15, 0.2) is 40.8 Å². The van der Waals surface area contributed by atoms with E-state index in [1.807, 2.05) is 30.3 Å². The molecule has 0 atom stereocenters. The predicted octanol–water partition coefficient (Wildman–Crippen LogP) is 4.48. The first kappa shape index (κ1) is 15.6.